The Labute approximate surface area is 114 Å². The van der Waals surface area contributed by atoms with Crippen LogP contribution < -0.4 is 5.73 Å². The number of benzene rings is 2. The molecule has 6 heteroatoms. The molecule has 2 N–H and O–H groups in total. The molecule has 0 heterocycles. The first-order valence-corrected chi connectivity index (χ1v) is 5.61. The van der Waals surface area contributed by atoms with Gasteiger partial charge in [0, 0.05) is 12.1 Å². The van der Waals surface area contributed by atoms with E-state index in [1.165, 1.54) is 12.1 Å². The van der Waals surface area contributed by atoms with Gasteiger partial charge in [0.05, 0.1) is 22.1 Å². The third-order valence-corrected chi connectivity index (χ3v) is 2.78. The van der Waals surface area contributed by atoms with E-state index in [1.54, 1.807) is 24.3 Å². The van der Waals surface area contributed by atoms with Gasteiger partial charge in [0.15, 0.2) is 0 Å². The standard InChI is InChI=1S/C14H9N3O3/c15-8-9-2-1-3-10(6-9)12-5-4-11(17(19)20)7-13(12)14(16)18/h1-7H,(H2,16,18). The lowest BCUT2D eigenvalue weighted by molar-refractivity contribution is -0.384. The van der Waals surface area contributed by atoms with Gasteiger partial charge in [-0.15, -0.1) is 0 Å². The third-order valence-electron chi connectivity index (χ3n) is 2.78. The van der Waals surface area contributed by atoms with Crippen LogP contribution in [0.1, 0.15) is 15.9 Å². The van der Waals surface area contributed by atoms with Gasteiger partial charge in [-0.3, -0.25) is 14.9 Å². The number of primary amides is 1. The molecule has 1 amide bonds. The average molecular weight is 267 g/mol. The molecule has 20 heavy (non-hydrogen) atoms. The molecule has 0 aliphatic heterocycles. The molecule has 0 saturated carbocycles. The lowest BCUT2D eigenvalue weighted by Gasteiger charge is -2.07. The number of nitro benzene ring substituents is 1. The van der Waals surface area contributed by atoms with Gasteiger partial charge >= 0.3 is 0 Å². The molecule has 0 fully saturated rings. The Morgan fingerprint density at radius 1 is 1.25 bits per heavy atom. The molecule has 2 aromatic carbocycles. The molecule has 2 aromatic rings. The van der Waals surface area contributed by atoms with Gasteiger partial charge in [-0.25, -0.2) is 0 Å². The Bertz CT molecular complexity index is 748. The molecule has 0 spiro atoms. The lowest BCUT2D eigenvalue weighted by Crippen LogP contribution is -2.12. The summed E-state index contributed by atoms with van der Waals surface area (Å²) in [5, 5.41) is 19.6. The lowest BCUT2D eigenvalue weighted by atomic mass is 9.97. The molecule has 2 rings (SSSR count). The number of nitriles is 1. The fourth-order valence-electron chi connectivity index (χ4n) is 1.86. The molecule has 98 valence electrons. The van der Waals surface area contributed by atoms with Crippen molar-refractivity contribution >= 4 is 11.6 Å². The second kappa shape index (κ2) is 5.20. The Hall–Kier alpha value is -3.20. The summed E-state index contributed by atoms with van der Waals surface area (Å²) >= 11 is 0. The van der Waals surface area contributed by atoms with E-state index in [1.807, 2.05) is 6.07 Å². The molecule has 0 atom stereocenters. The fourth-order valence-corrected chi connectivity index (χ4v) is 1.86. The first-order valence-electron chi connectivity index (χ1n) is 5.61. The van der Waals surface area contributed by atoms with Gasteiger partial charge in [0.2, 0.25) is 5.91 Å². The number of nitrogens with zero attached hydrogens (tertiary/aromatic N) is 2. The summed E-state index contributed by atoms with van der Waals surface area (Å²) in [5.41, 5.74) is 6.60. The van der Waals surface area contributed by atoms with Gasteiger partial charge in [-0.2, -0.15) is 5.26 Å². The number of hydrogen-bond acceptors (Lipinski definition) is 4. The van der Waals surface area contributed by atoms with E-state index in [2.05, 4.69) is 0 Å². The topological polar surface area (TPSA) is 110 Å². The highest BCUT2D eigenvalue weighted by atomic mass is 16.6. The van der Waals surface area contributed by atoms with Crippen LogP contribution >= 0.6 is 0 Å². The Morgan fingerprint density at radius 3 is 2.60 bits per heavy atom. The number of nitro groups is 1. The predicted octanol–water partition coefficient (Wildman–Crippen LogP) is 2.23. The van der Waals surface area contributed by atoms with Crippen molar-refractivity contribution in [1.82, 2.24) is 0 Å². The largest absolute Gasteiger partial charge is 0.366 e. The molecule has 0 aliphatic rings. The Morgan fingerprint density at radius 2 is 2.00 bits per heavy atom. The van der Waals surface area contributed by atoms with E-state index in [4.69, 9.17) is 11.0 Å². The summed E-state index contributed by atoms with van der Waals surface area (Å²) in [4.78, 5) is 21.6. The van der Waals surface area contributed by atoms with Crippen molar-refractivity contribution in [3.05, 3.63) is 63.7 Å². The summed E-state index contributed by atoms with van der Waals surface area (Å²) in [6.45, 7) is 0. The Kier molecular flexibility index (Phi) is 3.44. The predicted molar refractivity (Wildman–Crippen MR) is 71.8 cm³/mol. The molecular weight excluding hydrogens is 258 g/mol. The maximum atomic E-state index is 11.5. The Balaban J connectivity index is 2.64. The highest BCUT2D eigenvalue weighted by Crippen LogP contribution is 2.27. The van der Waals surface area contributed by atoms with Crippen molar-refractivity contribution in [1.29, 1.82) is 5.26 Å². The molecular formula is C14H9N3O3. The first-order chi connectivity index (χ1) is 9.52. The minimum absolute atomic E-state index is 0.0503. The maximum absolute atomic E-state index is 11.5. The van der Waals surface area contributed by atoms with Gasteiger partial charge < -0.3 is 5.73 Å². The number of rotatable bonds is 3. The van der Waals surface area contributed by atoms with Crippen molar-refractivity contribution in [2.75, 3.05) is 0 Å². The van der Waals surface area contributed by atoms with Crippen molar-refractivity contribution in [3.8, 4) is 17.2 Å². The van der Waals surface area contributed by atoms with Crippen LogP contribution in [-0.2, 0) is 0 Å². The second-order valence-electron chi connectivity index (χ2n) is 4.04. The van der Waals surface area contributed by atoms with E-state index in [0.717, 1.165) is 6.07 Å². The molecule has 0 unspecified atom stereocenters. The van der Waals surface area contributed by atoms with Gasteiger partial charge in [-0.1, -0.05) is 12.1 Å². The first kappa shape index (κ1) is 13.2. The molecule has 0 aliphatic carbocycles. The normalized spacial score (nSPS) is 9.75. The molecule has 0 saturated heterocycles. The molecule has 6 nitrogen and oxygen atoms in total. The molecule has 0 aromatic heterocycles. The van der Waals surface area contributed by atoms with Crippen molar-refractivity contribution in [3.63, 3.8) is 0 Å². The number of nitrogens with two attached hydrogens (primary N) is 1. The van der Waals surface area contributed by atoms with Crippen LogP contribution in [-0.4, -0.2) is 10.8 Å². The van der Waals surface area contributed by atoms with Crippen molar-refractivity contribution in [2.45, 2.75) is 0 Å². The summed E-state index contributed by atoms with van der Waals surface area (Å²) in [7, 11) is 0. The van der Waals surface area contributed by atoms with E-state index in [-0.39, 0.29) is 11.3 Å². The monoisotopic (exact) mass is 267 g/mol. The second-order valence-corrected chi connectivity index (χ2v) is 4.04. The summed E-state index contributed by atoms with van der Waals surface area (Å²) in [6, 6.07) is 12.5. The zero-order valence-electron chi connectivity index (χ0n) is 10.2. The van der Waals surface area contributed by atoms with Crippen LogP contribution in [0.3, 0.4) is 0 Å². The number of amides is 1. The third kappa shape index (κ3) is 2.47. The van der Waals surface area contributed by atoms with Crippen LogP contribution in [0.2, 0.25) is 0 Å². The van der Waals surface area contributed by atoms with Gasteiger partial charge in [0.1, 0.15) is 0 Å². The fraction of sp³-hybridized carbons (Fsp3) is 0. The van der Waals surface area contributed by atoms with E-state index >= 15 is 0 Å². The average Bonchev–Trinajstić information content (AvgIpc) is 2.46. The summed E-state index contributed by atoms with van der Waals surface area (Å²) in [5.74, 6) is -0.758. The van der Waals surface area contributed by atoms with Crippen LogP contribution in [0.25, 0.3) is 11.1 Å². The minimum Gasteiger partial charge on any atom is -0.366 e. The highest BCUT2D eigenvalue weighted by molar-refractivity contribution is 6.00. The zero-order chi connectivity index (χ0) is 14.7. The zero-order valence-corrected chi connectivity index (χ0v) is 10.2. The van der Waals surface area contributed by atoms with E-state index in [0.29, 0.717) is 16.7 Å². The van der Waals surface area contributed by atoms with Crippen LogP contribution in [0, 0.1) is 21.4 Å². The maximum Gasteiger partial charge on any atom is 0.270 e. The van der Waals surface area contributed by atoms with Gasteiger partial charge in [0.25, 0.3) is 5.69 Å². The van der Waals surface area contributed by atoms with Crippen molar-refractivity contribution < 1.29 is 9.72 Å². The van der Waals surface area contributed by atoms with E-state index in [9.17, 15) is 14.9 Å². The summed E-state index contributed by atoms with van der Waals surface area (Å²) in [6.07, 6.45) is 0. The van der Waals surface area contributed by atoms with Crippen LogP contribution in [0.5, 0.6) is 0 Å². The summed E-state index contributed by atoms with van der Waals surface area (Å²) < 4.78 is 0. The minimum atomic E-state index is -0.758. The highest BCUT2D eigenvalue weighted by Gasteiger charge is 2.15. The molecule has 0 radical (unpaired) electrons. The number of carbonyl (C=O) groups is 1. The smallest absolute Gasteiger partial charge is 0.270 e. The van der Waals surface area contributed by atoms with Crippen LogP contribution in [0.15, 0.2) is 42.5 Å². The van der Waals surface area contributed by atoms with Crippen LogP contribution in [0.4, 0.5) is 5.69 Å². The van der Waals surface area contributed by atoms with Crippen molar-refractivity contribution in [2.24, 2.45) is 5.73 Å². The number of carbonyl (C=O) groups excluding carboxylic acids is 1. The quantitative estimate of drug-likeness (QED) is 0.678. The van der Waals surface area contributed by atoms with E-state index < -0.39 is 10.8 Å². The SMILES string of the molecule is N#Cc1cccc(-c2ccc([N+](=O)[O-])cc2C(N)=O)c1. The molecule has 0 bridgehead atoms. The number of non-ortho nitro benzene ring substituents is 1. The number of hydrogen-bond donors (Lipinski definition) is 1. The van der Waals surface area contributed by atoms with Gasteiger partial charge in [-0.05, 0) is 29.3 Å².